The molecule has 0 radical (unpaired) electrons. The van der Waals surface area contributed by atoms with Crippen LogP contribution in [0.25, 0.3) is 11.1 Å². The normalized spacial score (nSPS) is 9.50. The third-order valence-electron chi connectivity index (χ3n) is 1.93. The minimum absolute atomic E-state index is 0.399. The Morgan fingerprint density at radius 2 is 2.06 bits per heavy atom. The van der Waals surface area contributed by atoms with Crippen LogP contribution in [-0.2, 0) is 4.74 Å². The van der Waals surface area contributed by atoms with Crippen molar-refractivity contribution < 1.29 is 13.9 Å². The molecular formula is C12H15NO3. The monoisotopic (exact) mass is 221 g/mol. The van der Waals surface area contributed by atoms with Gasteiger partial charge in [0, 0.05) is 6.92 Å². The molecular weight excluding hydrogens is 206 g/mol. The predicted octanol–water partition coefficient (Wildman–Crippen LogP) is 2.95. The molecule has 2 aromatic rings. The molecule has 0 atom stereocenters. The number of carbonyl (C=O) groups excluding carboxylic acids is 1. The first-order valence-electron chi connectivity index (χ1n) is 5.17. The van der Waals surface area contributed by atoms with Gasteiger partial charge in [-0.25, -0.2) is 9.78 Å². The number of aryl methyl sites for hydroxylation is 1. The Morgan fingerprint density at radius 3 is 2.69 bits per heavy atom. The zero-order valence-corrected chi connectivity index (χ0v) is 9.90. The van der Waals surface area contributed by atoms with Crippen molar-refractivity contribution >= 4 is 17.1 Å². The summed E-state index contributed by atoms with van der Waals surface area (Å²) in [6, 6.07) is 5.16. The van der Waals surface area contributed by atoms with E-state index < -0.39 is 5.97 Å². The van der Waals surface area contributed by atoms with E-state index in [0.717, 1.165) is 0 Å². The van der Waals surface area contributed by atoms with E-state index in [9.17, 15) is 4.79 Å². The number of hydrogen-bond acceptors (Lipinski definition) is 4. The minimum atomic E-state index is -0.399. The molecule has 0 N–H and O–H groups in total. The lowest BCUT2D eigenvalue weighted by Gasteiger charge is -1.97. The van der Waals surface area contributed by atoms with Crippen LogP contribution in [0.2, 0.25) is 0 Å². The molecule has 0 amide bonds. The number of carbonyl (C=O) groups is 1. The van der Waals surface area contributed by atoms with Crippen molar-refractivity contribution in [1.29, 1.82) is 0 Å². The highest BCUT2D eigenvalue weighted by Gasteiger charge is 2.13. The molecule has 1 heterocycles. The average Bonchev–Trinajstić information content (AvgIpc) is 2.70. The fraction of sp³-hybridized carbons (Fsp3) is 0.333. The lowest BCUT2D eigenvalue weighted by Crippen LogP contribution is -2.01. The highest BCUT2D eigenvalue weighted by molar-refractivity contribution is 6.01. The van der Waals surface area contributed by atoms with Gasteiger partial charge in [-0.3, -0.25) is 0 Å². The van der Waals surface area contributed by atoms with Gasteiger partial charge in [0.05, 0.1) is 12.7 Å². The maximum atomic E-state index is 11.3. The zero-order chi connectivity index (χ0) is 12.1. The van der Waals surface area contributed by atoms with Gasteiger partial charge < -0.3 is 9.15 Å². The molecule has 0 fully saturated rings. The summed E-state index contributed by atoms with van der Waals surface area (Å²) in [5.74, 6) is 0.139. The Morgan fingerprint density at radius 1 is 1.38 bits per heavy atom. The molecule has 86 valence electrons. The molecule has 16 heavy (non-hydrogen) atoms. The summed E-state index contributed by atoms with van der Waals surface area (Å²) in [6.45, 7) is 5.74. The van der Waals surface area contributed by atoms with Crippen molar-refractivity contribution in [3.05, 3.63) is 29.7 Å². The number of esters is 1. The molecule has 4 nitrogen and oxygen atoms in total. The van der Waals surface area contributed by atoms with Gasteiger partial charge in [0.15, 0.2) is 11.5 Å². The van der Waals surface area contributed by atoms with Gasteiger partial charge in [0.1, 0.15) is 5.52 Å². The Bertz CT molecular complexity index is 488. The molecule has 0 bridgehead atoms. The number of nitrogens with zero attached hydrogens (tertiary/aromatic N) is 1. The van der Waals surface area contributed by atoms with Crippen molar-refractivity contribution in [3.63, 3.8) is 0 Å². The van der Waals surface area contributed by atoms with E-state index in [0.29, 0.717) is 22.6 Å². The molecule has 0 aliphatic rings. The van der Waals surface area contributed by atoms with Crippen LogP contribution < -0.4 is 0 Å². The SMILES string of the molecule is CC.COC(=O)c1cccc2oc(C)nc12. The van der Waals surface area contributed by atoms with Crippen LogP contribution in [0.15, 0.2) is 22.6 Å². The van der Waals surface area contributed by atoms with Gasteiger partial charge in [-0.1, -0.05) is 19.9 Å². The van der Waals surface area contributed by atoms with E-state index in [-0.39, 0.29) is 0 Å². The molecule has 0 unspecified atom stereocenters. The fourth-order valence-corrected chi connectivity index (χ4v) is 1.33. The van der Waals surface area contributed by atoms with Crippen LogP contribution in [0.1, 0.15) is 30.1 Å². The first kappa shape index (κ1) is 12.2. The van der Waals surface area contributed by atoms with Crippen LogP contribution in [-0.4, -0.2) is 18.1 Å². The first-order chi connectivity index (χ1) is 7.72. The van der Waals surface area contributed by atoms with Crippen LogP contribution in [0.4, 0.5) is 0 Å². The number of para-hydroxylation sites is 1. The second-order valence-corrected chi connectivity index (χ2v) is 2.88. The van der Waals surface area contributed by atoms with Crippen molar-refractivity contribution in [2.75, 3.05) is 7.11 Å². The molecule has 0 saturated heterocycles. The molecule has 1 aromatic heterocycles. The second-order valence-electron chi connectivity index (χ2n) is 2.88. The first-order valence-corrected chi connectivity index (χ1v) is 5.17. The van der Waals surface area contributed by atoms with Crippen LogP contribution >= 0.6 is 0 Å². The molecule has 0 saturated carbocycles. The van der Waals surface area contributed by atoms with E-state index in [1.807, 2.05) is 13.8 Å². The quantitative estimate of drug-likeness (QED) is 0.695. The van der Waals surface area contributed by atoms with Gasteiger partial charge in [-0.05, 0) is 12.1 Å². The Hall–Kier alpha value is -1.84. The smallest absolute Gasteiger partial charge is 0.340 e. The fourth-order valence-electron chi connectivity index (χ4n) is 1.33. The highest BCUT2D eigenvalue weighted by Crippen LogP contribution is 2.19. The summed E-state index contributed by atoms with van der Waals surface area (Å²) < 4.78 is 9.92. The molecule has 0 aliphatic carbocycles. The van der Waals surface area contributed by atoms with Crippen LogP contribution in [0.5, 0.6) is 0 Å². The summed E-state index contributed by atoms with van der Waals surface area (Å²) in [6.07, 6.45) is 0. The number of fused-ring (bicyclic) bond motifs is 1. The van der Waals surface area contributed by atoms with E-state index in [1.54, 1.807) is 25.1 Å². The van der Waals surface area contributed by atoms with E-state index in [4.69, 9.17) is 4.42 Å². The summed E-state index contributed by atoms with van der Waals surface area (Å²) >= 11 is 0. The van der Waals surface area contributed by atoms with Crippen molar-refractivity contribution in [1.82, 2.24) is 4.98 Å². The molecule has 0 spiro atoms. The van der Waals surface area contributed by atoms with Crippen LogP contribution in [0, 0.1) is 6.92 Å². The summed E-state index contributed by atoms with van der Waals surface area (Å²) in [7, 11) is 1.34. The second kappa shape index (κ2) is 5.30. The highest BCUT2D eigenvalue weighted by atomic mass is 16.5. The van der Waals surface area contributed by atoms with Crippen molar-refractivity contribution in [2.24, 2.45) is 0 Å². The van der Waals surface area contributed by atoms with Gasteiger partial charge in [-0.2, -0.15) is 0 Å². The van der Waals surface area contributed by atoms with Gasteiger partial charge in [0.2, 0.25) is 0 Å². The van der Waals surface area contributed by atoms with Gasteiger partial charge >= 0.3 is 5.97 Å². The Kier molecular flexibility index (Phi) is 4.05. The van der Waals surface area contributed by atoms with Gasteiger partial charge in [-0.15, -0.1) is 0 Å². The summed E-state index contributed by atoms with van der Waals surface area (Å²) in [5, 5.41) is 0. The van der Waals surface area contributed by atoms with E-state index >= 15 is 0 Å². The number of aromatic nitrogens is 1. The van der Waals surface area contributed by atoms with E-state index in [1.165, 1.54) is 7.11 Å². The third-order valence-corrected chi connectivity index (χ3v) is 1.93. The standard InChI is InChI=1S/C10H9NO3.C2H6/c1-6-11-9-7(10(12)13-2)4-3-5-8(9)14-6;1-2/h3-5H,1-2H3;1-2H3. The number of oxazole rings is 1. The number of methoxy groups -OCH3 is 1. The minimum Gasteiger partial charge on any atom is -0.465 e. The molecule has 1 aromatic carbocycles. The molecule has 2 rings (SSSR count). The summed E-state index contributed by atoms with van der Waals surface area (Å²) in [4.78, 5) is 15.4. The molecule has 0 aliphatic heterocycles. The lowest BCUT2D eigenvalue weighted by molar-refractivity contribution is 0.0603. The largest absolute Gasteiger partial charge is 0.465 e. The number of rotatable bonds is 1. The Labute approximate surface area is 94.2 Å². The predicted molar refractivity (Wildman–Crippen MR) is 61.4 cm³/mol. The van der Waals surface area contributed by atoms with Crippen LogP contribution in [0.3, 0.4) is 0 Å². The average molecular weight is 221 g/mol. The lowest BCUT2D eigenvalue weighted by atomic mass is 10.2. The van der Waals surface area contributed by atoms with Gasteiger partial charge in [0.25, 0.3) is 0 Å². The van der Waals surface area contributed by atoms with Crippen molar-refractivity contribution in [2.45, 2.75) is 20.8 Å². The molecule has 4 heteroatoms. The Balaban J connectivity index is 0.000000606. The third kappa shape index (κ3) is 2.21. The zero-order valence-electron chi connectivity index (χ0n) is 9.90. The summed E-state index contributed by atoms with van der Waals surface area (Å²) in [5.41, 5.74) is 1.59. The number of benzene rings is 1. The topological polar surface area (TPSA) is 52.3 Å². The number of ether oxygens (including phenoxy) is 1. The number of hydrogen-bond donors (Lipinski definition) is 0. The maximum Gasteiger partial charge on any atom is 0.340 e. The maximum absolute atomic E-state index is 11.3. The van der Waals surface area contributed by atoms with Crippen molar-refractivity contribution in [3.8, 4) is 0 Å². The van der Waals surface area contributed by atoms with E-state index in [2.05, 4.69) is 9.72 Å².